The standard InChI is InChI=1S/C20H23N3O4S/c1-13(2)18-20(25)23-11-10-22(12-16(23)19(24)21-18)28(26,27)17-9-5-7-14-6-3-4-8-15(14)17/h3-9,13,16,18H,10-12H2,1-2H3,(H,21,24)/t16-,18-/m1/s1. The molecule has 8 heteroatoms. The summed E-state index contributed by atoms with van der Waals surface area (Å²) >= 11 is 0. The maximum absolute atomic E-state index is 13.3. The molecule has 2 amide bonds. The van der Waals surface area contributed by atoms with Gasteiger partial charge in [0.1, 0.15) is 12.1 Å². The average molecular weight is 401 g/mol. The number of carbonyl (C=O) groups excluding carboxylic acids is 2. The topological polar surface area (TPSA) is 86.8 Å². The Labute approximate surface area is 164 Å². The van der Waals surface area contributed by atoms with Gasteiger partial charge >= 0.3 is 0 Å². The largest absolute Gasteiger partial charge is 0.342 e. The first-order valence-corrected chi connectivity index (χ1v) is 10.8. The number of piperazine rings is 2. The number of rotatable bonds is 3. The molecule has 0 aliphatic carbocycles. The van der Waals surface area contributed by atoms with E-state index in [9.17, 15) is 18.0 Å². The van der Waals surface area contributed by atoms with E-state index in [1.807, 2.05) is 32.0 Å². The molecule has 2 aromatic carbocycles. The predicted molar refractivity (Wildman–Crippen MR) is 105 cm³/mol. The maximum Gasteiger partial charge on any atom is 0.246 e. The second kappa shape index (κ2) is 6.86. The lowest BCUT2D eigenvalue weighted by Crippen LogP contribution is -2.70. The number of carbonyl (C=O) groups is 2. The molecule has 148 valence electrons. The Bertz CT molecular complexity index is 1050. The summed E-state index contributed by atoms with van der Waals surface area (Å²) in [5, 5.41) is 4.24. The van der Waals surface area contributed by atoms with E-state index in [2.05, 4.69) is 5.32 Å². The van der Waals surface area contributed by atoms with Gasteiger partial charge in [0, 0.05) is 25.0 Å². The first-order chi connectivity index (χ1) is 13.3. The van der Waals surface area contributed by atoms with E-state index >= 15 is 0 Å². The van der Waals surface area contributed by atoms with Gasteiger partial charge in [-0.25, -0.2) is 8.42 Å². The van der Waals surface area contributed by atoms with Crippen molar-refractivity contribution in [3.05, 3.63) is 42.5 Å². The zero-order valence-corrected chi connectivity index (χ0v) is 16.6. The van der Waals surface area contributed by atoms with Crippen molar-refractivity contribution in [2.75, 3.05) is 19.6 Å². The van der Waals surface area contributed by atoms with Crippen LogP contribution in [-0.2, 0) is 19.6 Å². The predicted octanol–water partition coefficient (Wildman–Crippen LogP) is 1.20. The summed E-state index contributed by atoms with van der Waals surface area (Å²) in [7, 11) is -3.79. The lowest BCUT2D eigenvalue weighted by Gasteiger charge is -2.45. The van der Waals surface area contributed by atoms with E-state index in [0.29, 0.717) is 5.39 Å². The van der Waals surface area contributed by atoms with Gasteiger partial charge in [0.25, 0.3) is 0 Å². The molecule has 1 N–H and O–H groups in total. The molecule has 2 aromatic rings. The third-order valence-electron chi connectivity index (χ3n) is 5.53. The molecule has 0 bridgehead atoms. The number of nitrogens with zero attached hydrogens (tertiary/aromatic N) is 2. The van der Waals surface area contributed by atoms with Gasteiger partial charge in [0.05, 0.1) is 4.90 Å². The SMILES string of the molecule is CC(C)[C@H]1NC(=O)[C@H]2CN(S(=O)(=O)c3cccc4ccccc34)CCN2C1=O. The summed E-state index contributed by atoms with van der Waals surface area (Å²) in [6, 6.07) is 11.1. The molecule has 7 nitrogen and oxygen atoms in total. The normalized spacial score (nSPS) is 23.8. The van der Waals surface area contributed by atoms with Crippen LogP contribution >= 0.6 is 0 Å². The quantitative estimate of drug-likeness (QED) is 0.837. The molecule has 0 aromatic heterocycles. The Morgan fingerprint density at radius 2 is 1.75 bits per heavy atom. The minimum atomic E-state index is -3.79. The van der Waals surface area contributed by atoms with Crippen molar-refractivity contribution >= 4 is 32.6 Å². The van der Waals surface area contributed by atoms with Crippen LogP contribution in [0.3, 0.4) is 0 Å². The van der Waals surface area contributed by atoms with Crippen LogP contribution in [0, 0.1) is 5.92 Å². The van der Waals surface area contributed by atoms with Gasteiger partial charge in [-0.05, 0) is 17.4 Å². The van der Waals surface area contributed by atoms with Gasteiger partial charge in [0.15, 0.2) is 0 Å². The van der Waals surface area contributed by atoms with Gasteiger partial charge in [-0.2, -0.15) is 4.31 Å². The highest BCUT2D eigenvalue weighted by Crippen LogP contribution is 2.28. The molecule has 28 heavy (non-hydrogen) atoms. The second-order valence-corrected chi connectivity index (χ2v) is 9.52. The van der Waals surface area contributed by atoms with Crippen LogP contribution in [0.5, 0.6) is 0 Å². The minimum absolute atomic E-state index is 0.0187. The molecule has 0 spiro atoms. The fraction of sp³-hybridized carbons (Fsp3) is 0.400. The van der Waals surface area contributed by atoms with E-state index in [0.717, 1.165) is 5.39 Å². The van der Waals surface area contributed by atoms with Crippen molar-refractivity contribution in [3.63, 3.8) is 0 Å². The molecule has 0 unspecified atom stereocenters. The van der Waals surface area contributed by atoms with Crippen molar-refractivity contribution in [2.24, 2.45) is 5.92 Å². The highest BCUT2D eigenvalue weighted by molar-refractivity contribution is 7.89. The summed E-state index contributed by atoms with van der Waals surface area (Å²) < 4.78 is 28.0. The molecule has 2 fully saturated rings. The van der Waals surface area contributed by atoms with Crippen molar-refractivity contribution in [2.45, 2.75) is 30.8 Å². The number of fused-ring (bicyclic) bond motifs is 2. The van der Waals surface area contributed by atoms with E-state index in [-0.39, 0.29) is 42.3 Å². The highest BCUT2D eigenvalue weighted by atomic mass is 32.2. The molecule has 4 rings (SSSR count). The highest BCUT2D eigenvalue weighted by Gasteiger charge is 2.46. The molecule has 0 saturated carbocycles. The lowest BCUT2D eigenvalue weighted by atomic mass is 9.97. The van der Waals surface area contributed by atoms with Crippen LogP contribution in [0.4, 0.5) is 0 Å². The molecule has 2 heterocycles. The Morgan fingerprint density at radius 1 is 1.04 bits per heavy atom. The minimum Gasteiger partial charge on any atom is -0.342 e. The summed E-state index contributed by atoms with van der Waals surface area (Å²) in [5.41, 5.74) is 0. The first-order valence-electron chi connectivity index (χ1n) is 9.39. The molecular weight excluding hydrogens is 378 g/mol. The molecular formula is C20H23N3O4S. The summed E-state index contributed by atoms with van der Waals surface area (Å²) in [5.74, 6) is -0.451. The zero-order valence-electron chi connectivity index (χ0n) is 15.8. The molecule has 2 aliphatic heterocycles. The van der Waals surface area contributed by atoms with Gasteiger partial charge < -0.3 is 10.2 Å². The Balaban J connectivity index is 1.65. The lowest BCUT2D eigenvalue weighted by molar-refractivity contribution is -0.152. The fourth-order valence-corrected chi connectivity index (χ4v) is 5.62. The third-order valence-corrected chi connectivity index (χ3v) is 7.45. The molecule has 2 aliphatic rings. The summed E-state index contributed by atoms with van der Waals surface area (Å²) in [6.07, 6.45) is 0. The van der Waals surface area contributed by atoms with Gasteiger partial charge in [-0.1, -0.05) is 50.2 Å². The number of hydrogen-bond donors (Lipinski definition) is 1. The number of sulfonamides is 1. The van der Waals surface area contributed by atoms with Crippen LogP contribution in [0.1, 0.15) is 13.8 Å². The van der Waals surface area contributed by atoms with Gasteiger partial charge in [-0.3, -0.25) is 9.59 Å². The molecule has 2 saturated heterocycles. The monoisotopic (exact) mass is 401 g/mol. The van der Waals surface area contributed by atoms with Crippen LogP contribution in [0.25, 0.3) is 10.8 Å². The van der Waals surface area contributed by atoms with Crippen molar-refractivity contribution in [1.82, 2.24) is 14.5 Å². The molecule has 0 radical (unpaired) electrons. The van der Waals surface area contributed by atoms with Crippen LogP contribution < -0.4 is 5.32 Å². The smallest absolute Gasteiger partial charge is 0.246 e. The van der Waals surface area contributed by atoms with E-state index in [1.165, 1.54) is 9.21 Å². The Morgan fingerprint density at radius 3 is 2.50 bits per heavy atom. The van der Waals surface area contributed by atoms with E-state index in [4.69, 9.17) is 0 Å². The summed E-state index contributed by atoms with van der Waals surface area (Å²) in [4.78, 5) is 27.0. The van der Waals surface area contributed by atoms with Crippen molar-refractivity contribution in [1.29, 1.82) is 0 Å². The fourth-order valence-electron chi connectivity index (χ4n) is 3.97. The van der Waals surface area contributed by atoms with E-state index < -0.39 is 22.1 Å². The van der Waals surface area contributed by atoms with Gasteiger partial charge in [-0.15, -0.1) is 0 Å². The number of amides is 2. The first kappa shape index (κ1) is 18.9. The molecule has 2 atom stereocenters. The third kappa shape index (κ3) is 2.97. The second-order valence-electron chi connectivity index (χ2n) is 7.62. The van der Waals surface area contributed by atoms with Crippen molar-refractivity contribution < 1.29 is 18.0 Å². The van der Waals surface area contributed by atoms with Crippen LogP contribution in [-0.4, -0.2) is 61.2 Å². The van der Waals surface area contributed by atoms with Crippen LogP contribution in [0.15, 0.2) is 47.4 Å². The van der Waals surface area contributed by atoms with Gasteiger partial charge in [0.2, 0.25) is 21.8 Å². The number of nitrogens with one attached hydrogen (secondary N) is 1. The van der Waals surface area contributed by atoms with E-state index in [1.54, 1.807) is 24.3 Å². The number of hydrogen-bond acceptors (Lipinski definition) is 4. The Hall–Kier alpha value is -2.45. The number of benzene rings is 2. The maximum atomic E-state index is 13.3. The Kier molecular flexibility index (Phi) is 4.63. The average Bonchev–Trinajstić information content (AvgIpc) is 2.69. The van der Waals surface area contributed by atoms with Crippen molar-refractivity contribution in [3.8, 4) is 0 Å². The zero-order chi connectivity index (χ0) is 20.1. The summed E-state index contributed by atoms with van der Waals surface area (Å²) in [6.45, 7) is 4.11. The van der Waals surface area contributed by atoms with Crippen LogP contribution in [0.2, 0.25) is 0 Å².